The molecule has 2 aromatic carbocycles. The Morgan fingerprint density at radius 1 is 0.875 bits per heavy atom. The van der Waals surface area contributed by atoms with Gasteiger partial charge < -0.3 is 9.80 Å². The summed E-state index contributed by atoms with van der Waals surface area (Å²) in [6.45, 7) is 1.66. The summed E-state index contributed by atoms with van der Waals surface area (Å²) >= 11 is 3.36. The molecule has 124 valence electrons. The Bertz CT molecular complexity index is 773. The van der Waals surface area contributed by atoms with Crippen LogP contribution in [-0.2, 0) is 0 Å². The van der Waals surface area contributed by atoms with Crippen molar-refractivity contribution in [3.8, 4) is 0 Å². The molecule has 1 aliphatic rings. The minimum absolute atomic E-state index is 0.0608. The monoisotopic (exact) mass is 390 g/mol. The topological polar surface area (TPSA) is 40.6 Å². The number of carbonyl (C=O) groups excluding carboxylic acids is 2. The number of hydrogen-bond donors (Lipinski definition) is 0. The molecule has 0 atom stereocenters. The molecule has 1 fully saturated rings. The van der Waals surface area contributed by atoms with Gasteiger partial charge in [0.15, 0.2) is 0 Å². The van der Waals surface area contributed by atoms with Crippen molar-refractivity contribution >= 4 is 27.7 Å². The summed E-state index contributed by atoms with van der Waals surface area (Å²) in [5.74, 6) is -0.910. The summed E-state index contributed by atoms with van der Waals surface area (Å²) < 4.78 is 14.6. The van der Waals surface area contributed by atoms with Crippen molar-refractivity contribution in [3.63, 3.8) is 0 Å². The Hall–Kier alpha value is -2.21. The van der Waals surface area contributed by atoms with Crippen molar-refractivity contribution in [3.05, 3.63) is 69.9 Å². The van der Waals surface area contributed by atoms with E-state index in [0.29, 0.717) is 31.7 Å². The van der Waals surface area contributed by atoms with Crippen LogP contribution in [0.4, 0.5) is 4.39 Å². The summed E-state index contributed by atoms with van der Waals surface area (Å²) in [6.07, 6.45) is 0. The summed E-state index contributed by atoms with van der Waals surface area (Å²) in [5.41, 5.74) is 0.683. The molecule has 2 amide bonds. The predicted octanol–water partition coefficient (Wildman–Crippen LogP) is 3.19. The third-order valence-electron chi connectivity index (χ3n) is 4.03. The molecule has 0 bridgehead atoms. The normalized spacial score (nSPS) is 14.6. The first-order valence-electron chi connectivity index (χ1n) is 7.65. The molecule has 24 heavy (non-hydrogen) atoms. The third kappa shape index (κ3) is 3.48. The van der Waals surface area contributed by atoms with Crippen molar-refractivity contribution in [2.75, 3.05) is 26.2 Å². The molecule has 0 unspecified atom stereocenters. The molecule has 0 radical (unpaired) electrons. The molecular weight excluding hydrogens is 375 g/mol. The van der Waals surface area contributed by atoms with Gasteiger partial charge in [0.1, 0.15) is 5.82 Å². The fraction of sp³-hybridized carbons (Fsp3) is 0.222. The lowest BCUT2D eigenvalue weighted by Gasteiger charge is -2.35. The molecule has 2 aromatic rings. The minimum Gasteiger partial charge on any atom is -0.335 e. The van der Waals surface area contributed by atoms with E-state index < -0.39 is 5.82 Å². The molecular formula is C18H16BrFN2O2. The standard InChI is InChI=1S/C18H16BrFN2O2/c19-14-5-3-4-13(12-14)17(23)21-8-10-22(11-9-21)18(24)15-6-1-2-7-16(15)20/h1-7,12H,8-11H2. The number of benzene rings is 2. The molecule has 4 nitrogen and oxygen atoms in total. The van der Waals surface area contributed by atoms with Gasteiger partial charge in [-0.15, -0.1) is 0 Å². The molecule has 1 saturated heterocycles. The average Bonchev–Trinajstić information content (AvgIpc) is 2.61. The van der Waals surface area contributed by atoms with Gasteiger partial charge in [-0.05, 0) is 30.3 Å². The maximum absolute atomic E-state index is 13.7. The minimum atomic E-state index is -0.518. The third-order valence-corrected chi connectivity index (χ3v) is 4.52. The van der Waals surface area contributed by atoms with Gasteiger partial charge >= 0.3 is 0 Å². The second-order valence-electron chi connectivity index (χ2n) is 5.57. The van der Waals surface area contributed by atoms with Crippen LogP contribution in [0.15, 0.2) is 53.0 Å². The van der Waals surface area contributed by atoms with Crippen LogP contribution >= 0.6 is 15.9 Å². The van der Waals surface area contributed by atoms with Crippen LogP contribution < -0.4 is 0 Å². The van der Waals surface area contributed by atoms with Crippen molar-refractivity contribution in [2.45, 2.75) is 0 Å². The van der Waals surface area contributed by atoms with Crippen LogP contribution in [0.3, 0.4) is 0 Å². The molecule has 0 aromatic heterocycles. The molecule has 0 spiro atoms. The lowest BCUT2D eigenvalue weighted by molar-refractivity contribution is 0.0533. The van der Waals surface area contributed by atoms with Crippen LogP contribution in [0.1, 0.15) is 20.7 Å². The van der Waals surface area contributed by atoms with E-state index in [4.69, 9.17) is 0 Å². The lowest BCUT2D eigenvalue weighted by Crippen LogP contribution is -2.50. The fourth-order valence-corrected chi connectivity index (χ4v) is 3.12. The van der Waals surface area contributed by atoms with Crippen molar-refractivity contribution in [1.82, 2.24) is 9.80 Å². The quantitative estimate of drug-likeness (QED) is 0.789. The molecule has 0 aliphatic carbocycles. The second-order valence-corrected chi connectivity index (χ2v) is 6.49. The molecule has 6 heteroatoms. The largest absolute Gasteiger partial charge is 0.335 e. The van der Waals surface area contributed by atoms with E-state index in [1.807, 2.05) is 12.1 Å². The number of halogens is 2. The van der Waals surface area contributed by atoms with E-state index in [-0.39, 0.29) is 17.4 Å². The first kappa shape index (κ1) is 16.6. The highest BCUT2D eigenvalue weighted by atomic mass is 79.9. The number of nitrogens with zero attached hydrogens (tertiary/aromatic N) is 2. The van der Waals surface area contributed by atoms with Crippen molar-refractivity contribution in [1.29, 1.82) is 0 Å². The van der Waals surface area contributed by atoms with Crippen LogP contribution in [0.25, 0.3) is 0 Å². The van der Waals surface area contributed by atoms with Gasteiger partial charge in [0, 0.05) is 36.2 Å². The van der Waals surface area contributed by atoms with E-state index in [9.17, 15) is 14.0 Å². The number of carbonyl (C=O) groups is 2. The van der Waals surface area contributed by atoms with E-state index in [1.165, 1.54) is 12.1 Å². The van der Waals surface area contributed by atoms with Gasteiger partial charge in [-0.3, -0.25) is 9.59 Å². The Balaban J connectivity index is 1.65. The highest BCUT2D eigenvalue weighted by Crippen LogP contribution is 2.16. The zero-order valence-corrected chi connectivity index (χ0v) is 14.5. The van der Waals surface area contributed by atoms with Gasteiger partial charge in [-0.1, -0.05) is 34.1 Å². The maximum atomic E-state index is 13.7. The Morgan fingerprint density at radius 2 is 1.50 bits per heavy atom. The summed E-state index contributed by atoms with van der Waals surface area (Å²) in [7, 11) is 0. The average molecular weight is 391 g/mol. The van der Waals surface area contributed by atoms with Gasteiger partial charge in [0.05, 0.1) is 5.56 Å². The van der Waals surface area contributed by atoms with Crippen molar-refractivity contribution < 1.29 is 14.0 Å². The van der Waals surface area contributed by atoms with Crippen molar-refractivity contribution in [2.24, 2.45) is 0 Å². The van der Waals surface area contributed by atoms with E-state index in [2.05, 4.69) is 15.9 Å². The van der Waals surface area contributed by atoms with Crippen LogP contribution in [-0.4, -0.2) is 47.8 Å². The number of rotatable bonds is 2. The van der Waals surface area contributed by atoms with Gasteiger partial charge in [0.2, 0.25) is 0 Å². The van der Waals surface area contributed by atoms with Crippen LogP contribution in [0.5, 0.6) is 0 Å². The zero-order chi connectivity index (χ0) is 17.1. The second kappa shape index (κ2) is 7.13. The summed E-state index contributed by atoms with van der Waals surface area (Å²) in [4.78, 5) is 28.2. The highest BCUT2D eigenvalue weighted by molar-refractivity contribution is 9.10. The molecule has 1 heterocycles. The van der Waals surface area contributed by atoms with Gasteiger partial charge in [-0.25, -0.2) is 4.39 Å². The summed E-state index contributed by atoms with van der Waals surface area (Å²) in [5, 5.41) is 0. The SMILES string of the molecule is O=C(c1cccc(Br)c1)N1CCN(C(=O)c2ccccc2F)CC1. The van der Waals surface area contributed by atoms with Gasteiger partial charge in [-0.2, -0.15) is 0 Å². The first-order valence-corrected chi connectivity index (χ1v) is 8.44. The Kier molecular flexibility index (Phi) is 4.94. The lowest BCUT2D eigenvalue weighted by atomic mass is 10.1. The smallest absolute Gasteiger partial charge is 0.256 e. The summed E-state index contributed by atoms with van der Waals surface area (Å²) in [6, 6.07) is 13.2. The maximum Gasteiger partial charge on any atom is 0.256 e. The molecule has 0 saturated carbocycles. The number of piperazine rings is 1. The molecule has 1 aliphatic heterocycles. The van der Waals surface area contributed by atoms with E-state index in [1.54, 1.807) is 34.1 Å². The molecule has 0 N–H and O–H groups in total. The van der Waals surface area contributed by atoms with Crippen LogP contribution in [0.2, 0.25) is 0 Å². The van der Waals surface area contributed by atoms with E-state index >= 15 is 0 Å². The Morgan fingerprint density at radius 3 is 2.12 bits per heavy atom. The van der Waals surface area contributed by atoms with E-state index in [0.717, 1.165) is 4.47 Å². The first-order chi connectivity index (χ1) is 11.6. The zero-order valence-electron chi connectivity index (χ0n) is 12.9. The van der Waals surface area contributed by atoms with Crippen LogP contribution in [0, 0.1) is 5.82 Å². The fourth-order valence-electron chi connectivity index (χ4n) is 2.72. The highest BCUT2D eigenvalue weighted by Gasteiger charge is 2.26. The predicted molar refractivity (Wildman–Crippen MR) is 92.3 cm³/mol. The molecule has 3 rings (SSSR count). The number of amides is 2. The van der Waals surface area contributed by atoms with Gasteiger partial charge in [0.25, 0.3) is 11.8 Å². The number of hydrogen-bond acceptors (Lipinski definition) is 2. The Labute approximate surface area is 148 Å².